The van der Waals surface area contributed by atoms with Crippen molar-refractivity contribution in [3.8, 4) is 0 Å². The lowest BCUT2D eigenvalue weighted by Crippen LogP contribution is -3.13. The van der Waals surface area contributed by atoms with Crippen LogP contribution < -0.4 is 4.90 Å². The molecule has 3 rings (SSSR count). The van der Waals surface area contributed by atoms with E-state index in [1.54, 1.807) is 4.90 Å². The second-order valence-corrected chi connectivity index (χ2v) is 8.04. The minimum absolute atomic E-state index is 0.0339. The van der Waals surface area contributed by atoms with E-state index in [0.717, 1.165) is 25.9 Å². The Balaban J connectivity index is 1.80. The van der Waals surface area contributed by atoms with E-state index in [1.165, 1.54) is 30.6 Å². The number of hydrogen-bond donors (Lipinski definition) is 1. The highest BCUT2D eigenvalue weighted by Gasteiger charge is 2.64. The zero-order chi connectivity index (χ0) is 15.3. The molecule has 4 heteroatoms. The minimum Gasteiger partial charge on any atom is -0.317 e. The Hall–Kier alpha value is -0.900. The first-order valence-corrected chi connectivity index (χ1v) is 8.57. The maximum atomic E-state index is 13.0. The summed E-state index contributed by atoms with van der Waals surface area (Å²) in [7, 11) is 0. The molecule has 4 nitrogen and oxygen atoms in total. The number of nitrogens with one attached hydrogen (secondary N) is 1. The van der Waals surface area contributed by atoms with Gasteiger partial charge in [-0.05, 0) is 43.9 Å². The number of carbonyl (C=O) groups excluding carboxylic acids is 2. The molecule has 2 saturated heterocycles. The van der Waals surface area contributed by atoms with Crippen molar-refractivity contribution in [2.45, 2.75) is 59.3 Å². The topological polar surface area (TPSA) is 41.8 Å². The second-order valence-electron chi connectivity index (χ2n) is 8.04. The molecule has 0 aromatic carbocycles. The molecule has 2 amide bonds. The molecule has 0 aromatic rings. The lowest BCUT2D eigenvalue weighted by atomic mass is 9.62. The average molecular weight is 293 g/mol. The number of piperidine rings is 1. The van der Waals surface area contributed by atoms with Crippen molar-refractivity contribution in [1.82, 2.24) is 4.90 Å². The third kappa shape index (κ3) is 2.14. The number of fused-ring (bicyclic) bond motifs is 2. The minimum atomic E-state index is -0.350. The first kappa shape index (κ1) is 15.0. The third-order valence-corrected chi connectivity index (χ3v) is 6.70. The van der Waals surface area contributed by atoms with Gasteiger partial charge in [0.15, 0.2) is 6.67 Å². The van der Waals surface area contributed by atoms with Crippen LogP contribution in [0.2, 0.25) is 0 Å². The second kappa shape index (κ2) is 5.08. The van der Waals surface area contributed by atoms with Gasteiger partial charge in [0.2, 0.25) is 11.8 Å². The largest absolute Gasteiger partial charge is 0.317 e. The summed E-state index contributed by atoms with van der Waals surface area (Å²) in [5.41, 5.74) is -0.539. The van der Waals surface area contributed by atoms with Crippen LogP contribution in [0.15, 0.2) is 0 Å². The van der Waals surface area contributed by atoms with Crippen LogP contribution in [0.25, 0.3) is 0 Å². The Bertz CT molecular complexity index is 452. The maximum absolute atomic E-state index is 13.0. The molecule has 2 atom stereocenters. The van der Waals surface area contributed by atoms with Gasteiger partial charge in [-0.3, -0.25) is 9.59 Å². The van der Waals surface area contributed by atoms with Crippen molar-refractivity contribution in [2.75, 3.05) is 19.8 Å². The van der Waals surface area contributed by atoms with Crippen LogP contribution in [0.4, 0.5) is 0 Å². The van der Waals surface area contributed by atoms with Crippen molar-refractivity contribution in [3.63, 3.8) is 0 Å². The Labute approximate surface area is 127 Å². The molecule has 0 radical (unpaired) electrons. The predicted molar refractivity (Wildman–Crippen MR) is 80.5 cm³/mol. The van der Waals surface area contributed by atoms with E-state index in [9.17, 15) is 9.59 Å². The Morgan fingerprint density at radius 3 is 2.33 bits per heavy atom. The molecule has 0 aromatic heterocycles. The zero-order valence-corrected chi connectivity index (χ0v) is 13.7. The number of nitrogens with zero attached hydrogens (tertiary/aromatic N) is 1. The van der Waals surface area contributed by atoms with Crippen LogP contribution in [0, 0.1) is 16.7 Å². The number of imide groups is 1. The summed E-state index contributed by atoms with van der Waals surface area (Å²) >= 11 is 0. The predicted octanol–water partition coefficient (Wildman–Crippen LogP) is 1.21. The normalized spacial score (nSPS) is 36.9. The summed E-state index contributed by atoms with van der Waals surface area (Å²) in [6.45, 7) is 9.09. The van der Waals surface area contributed by atoms with Crippen molar-refractivity contribution in [2.24, 2.45) is 16.7 Å². The third-order valence-electron chi connectivity index (χ3n) is 6.70. The van der Waals surface area contributed by atoms with Gasteiger partial charge in [0.1, 0.15) is 0 Å². The van der Waals surface area contributed by atoms with Gasteiger partial charge in [-0.15, -0.1) is 0 Å². The lowest BCUT2D eigenvalue weighted by molar-refractivity contribution is -0.906. The van der Waals surface area contributed by atoms with Gasteiger partial charge >= 0.3 is 0 Å². The van der Waals surface area contributed by atoms with Gasteiger partial charge in [0.05, 0.1) is 18.5 Å². The standard InChI is InChI=1S/C17H28N2O2/c1-16(2)13-8-9-17(16,3)15(21)19(14(13)20)12-18-10-6-4-5-7-11-18/h13H,4-12H2,1-3H3/p+1/t13-,17+/m1/s1. The van der Waals surface area contributed by atoms with Crippen molar-refractivity contribution >= 4 is 11.8 Å². The summed E-state index contributed by atoms with van der Waals surface area (Å²) in [6, 6.07) is 0. The van der Waals surface area contributed by atoms with E-state index in [-0.39, 0.29) is 28.6 Å². The fourth-order valence-electron chi connectivity index (χ4n) is 4.66. The summed E-state index contributed by atoms with van der Waals surface area (Å²) < 4.78 is 0. The zero-order valence-electron chi connectivity index (χ0n) is 13.7. The van der Waals surface area contributed by atoms with Crippen LogP contribution in [0.3, 0.4) is 0 Å². The SMILES string of the molecule is CC1(C)[C@@H]2CC[C@@]1(C)C(=O)N(C[NH+]1CCCCCC1)C2=O. The molecular formula is C17H29N2O2+. The number of hydrogen-bond acceptors (Lipinski definition) is 2. The Kier molecular flexibility index (Phi) is 3.63. The Morgan fingerprint density at radius 2 is 1.71 bits per heavy atom. The molecule has 3 fully saturated rings. The highest BCUT2D eigenvalue weighted by atomic mass is 16.2. The van der Waals surface area contributed by atoms with E-state index < -0.39 is 0 Å². The highest BCUT2D eigenvalue weighted by Crippen LogP contribution is 2.59. The van der Waals surface area contributed by atoms with Gasteiger partial charge in [0.25, 0.3) is 0 Å². The molecule has 1 N–H and O–H groups in total. The molecule has 2 heterocycles. The summed E-state index contributed by atoms with van der Waals surface area (Å²) in [5, 5.41) is 0. The molecule has 3 aliphatic rings. The van der Waals surface area contributed by atoms with E-state index in [0.29, 0.717) is 6.67 Å². The van der Waals surface area contributed by atoms with Crippen LogP contribution >= 0.6 is 0 Å². The van der Waals surface area contributed by atoms with Crippen LogP contribution in [0.1, 0.15) is 59.3 Å². The fraction of sp³-hybridized carbons (Fsp3) is 0.882. The van der Waals surface area contributed by atoms with E-state index in [1.807, 2.05) is 0 Å². The van der Waals surface area contributed by atoms with Crippen molar-refractivity contribution in [1.29, 1.82) is 0 Å². The highest BCUT2D eigenvalue weighted by molar-refractivity contribution is 6.03. The number of amides is 2. The smallest absolute Gasteiger partial charge is 0.240 e. The molecule has 1 aliphatic carbocycles. The van der Waals surface area contributed by atoms with Gasteiger partial charge in [0, 0.05) is 5.92 Å². The molecule has 2 bridgehead atoms. The van der Waals surface area contributed by atoms with Crippen LogP contribution in [-0.4, -0.2) is 36.5 Å². The molecular weight excluding hydrogens is 264 g/mol. The molecule has 1 saturated carbocycles. The maximum Gasteiger partial charge on any atom is 0.240 e. The first-order valence-electron chi connectivity index (χ1n) is 8.57. The van der Waals surface area contributed by atoms with Crippen molar-refractivity contribution in [3.05, 3.63) is 0 Å². The summed E-state index contributed by atoms with van der Waals surface area (Å²) in [6.07, 6.45) is 6.76. The molecule has 118 valence electrons. The van der Waals surface area contributed by atoms with E-state index in [4.69, 9.17) is 0 Å². The molecule has 2 aliphatic heterocycles. The first-order chi connectivity index (χ1) is 9.88. The van der Waals surface area contributed by atoms with Gasteiger partial charge in [-0.1, -0.05) is 20.8 Å². The molecule has 21 heavy (non-hydrogen) atoms. The molecule has 0 unspecified atom stereocenters. The lowest BCUT2D eigenvalue weighted by Gasteiger charge is -2.47. The fourth-order valence-corrected chi connectivity index (χ4v) is 4.66. The quantitative estimate of drug-likeness (QED) is 0.778. The number of rotatable bonds is 2. The summed E-state index contributed by atoms with van der Waals surface area (Å²) in [4.78, 5) is 28.8. The van der Waals surface area contributed by atoms with Gasteiger partial charge in [-0.2, -0.15) is 0 Å². The summed E-state index contributed by atoms with van der Waals surface area (Å²) in [5.74, 6) is 0.214. The number of carbonyl (C=O) groups is 2. The van der Waals surface area contributed by atoms with Gasteiger partial charge < -0.3 is 4.90 Å². The number of quaternary nitrogens is 1. The van der Waals surface area contributed by atoms with Crippen LogP contribution in [0.5, 0.6) is 0 Å². The average Bonchev–Trinajstić information content (AvgIpc) is 2.64. The monoisotopic (exact) mass is 293 g/mol. The number of likely N-dealkylation sites (tertiary alicyclic amines) is 2. The van der Waals surface area contributed by atoms with E-state index in [2.05, 4.69) is 20.8 Å². The van der Waals surface area contributed by atoms with Crippen LogP contribution in [-0.2, 0) is 9.59 Å². The van der Waals surface area contributed by atoms with E-state index >= 15 is 0 Å². The Morgan fingerprint density at radius 1 is 1.10 bits per heavy atom. The van der Waals surface area contributed by atoms with Crippen molar-refractivity contribution < 1.29 is 14.5 Å². The molecule has 0 spiro atoms. The van der Waals surface area contributed by atoms with Gasteiger partial charge in [-0.25, -0.2) is 4.90 Å².